The molecule has 0 aliphatic heterocycles. The maximum absolute atomic E-state index is 11.8. The summed E-state index contributed by atoms with van der Waals surface area (Å²) in [7, 11) is 1.77. The van der Waals surface area contributed by atoms with Crippen LogP contribution in [0.5, 0.6) is 0 Å². The lowest BCUT2D eigenvalue weighted by Crippen LogP contribution is -2.19. The summed E-state index contributed by atoms with van der Waals surface area (Å²) in [6, 6.07) is 3.93. The molecule has 2 aromatic heterocycles. The summed E-state index contributed by atoms with van der Waals surface area (Å²) in [4.78, 5) is 12.8. The van der Waals surface area contributed by atoms with E-state index in [0.29, 0.717) is 11.7 Å². The molecule has 0 saturated heterocycles. The van der Waals surface area contributed by atoms with Crippen LogP contribution < -0.4 is 5.32 Å². The molecule has 2 aromatic rings. The Morgan fingerprint density at radius 3 is 2.90 bits per heavy atom. The van der Waals surface area contributed by atoms with E-state index >= 15 is 0 Å². The van der Waals surface area contributed by atoms with Crippen molar-refractivity contribution < 1.29 is 4.79 Å². The van der Waals surface area contributed by atoms with Crippen molar-refractivity contribution >= 4 is 50.9 Å². The first kappa shape index (κ1) is 15.3. The Hall–Kier alpha value is -1.11. The smallest absolute Gasteiger partial charge is 0.244 e. The number of rotatable bonds is 4. The van der Waals surface area contributed by atoms with E-state index in [0.717, 1.165) is 19.9 Å². The molecule has 0 bridgehead atoms. The second-order valence-corrected chi connectivity index (χ2v) is 7.08. The fourth-order valence-electron chi connectivity index (χ4n) is 1.67. The average molecular weight is 375 g/mol. The van der Waals surface area contributed by atoms with E-state index in [1.165, 1.54) is 6.08 Å². The Morgan fingerprint density at radius 2 is 2.35 bits per heavy atom. The minimum absolute atomic E-state index is 0.158. The Labute approximate surface area is 134 Å². The minimum Gasteiger partial charge on any atom is -0.348 e. The van der Waals surface area contributed by atoms with Gasteiger partial charge in [-0.05, 0) is 41.1 Å². The molecule has 0 aromatic carbocycles. The highest BCUT2D eigenvalue weighted by Gasteiger charge is 2.08. The standard InChI is InChI=1S/C13H13BrClN3OS/c1-8-10(13(15)18(2)17-8)4-6-12(19)16-7-9-3-5-11(14)20-9/h3-6H,7H2,1-2H3,(H,16,19)/b6-4+. The van der Waals surface area contributed by atoms with E-state index in [1.807, 2.05) is 19.1 Å². The minimum atomic E-state index is -0.158. The van der Waals surface area contributed by atoms with Gasteiger partial charge in [-0.1, -0.05) is 11.6 Å². The first-order valence-electron chi connectivity index (χ1n) is 5.86. The number of hydrogen-bond acceptors (Lipinski definition) is 3. The molecule has 20 heavy (non-hydrogen) atoms. The van der Waals surface area contributed by atoms with Gasteiger partial charge >= 0.3 is 0 Å². The third kappa shape index (κ3) is 3.71. The predicted octanol–water partition coefficient (Wildman–Crippen LogP) is 3.54. The lowest BCUT2D eigenvalue weighted by Gasteiger charge is -1.99. The van der Waals surface area contributed by atoms with Crippen LogP contribution in [0.25, 0.3) is 6.08 Å². The second kappa shape index (κ2) is 6.56. The van der Waals surface area contributed by atoms with Gasteiger partial charge in [0, 0.05) is 23.6 Å². The molecule has 0 fully saturated rings. The maximum Gasteiger partial charge on any atom is 0.244 e. The van der Waals surface area contributed by atoms with Crippen LogP contribution in [0.15, 0.2) is 22.0 Å². The van der Waals surface area contributed by atoms with Crippen molar-refractivity contribution in [2.45, 2.75) is 13.5 Å². The third-order valence-electron chi connectivity index (χ3n) is 2.66. The Bertz CT molecular complexity index is 663. The monoisotopic (exact) mass is 373 g/mol. The lowest BCUT2D eigenvalue weighted by molar-refractivity contribution is -0.116. The van der Waals surface area contributed by atoms with Gasteiger partial charge in [0.15, 0.2) is 0 Å². The molecule has 0 aliphatic rings. The highest BCUT2D eigenvalue weighted by molar-refractivity contribution is 9.11. The molecule has 1 N–H and O–H groups in total. The first-order chi connectivity index (χ1) is 9.47. The average Bonchev–Trinajstić information content (AvgIpc) is 2.91. The number of thiophene rings is 1. The summed E-state index contributed by atoms with van der Waals surface area (Å²) in [6.45, 7) is 2.37. The quantitative estimate of drug-likeness (QED) is 0.832. The number of halogens is 2. The second-order valence-electron chi connectivity index (χ2n) is 4.17. The van der Waals surface area contributed by atoms with Gasteiger partial charge in [0.25, 0.3) is 0 Å². The van der Waals surface area contributed by atoms with E-state index in [4.69, 9.17) is 11.6 Å². The molecule has 7 heteroatoms. The van der Waals surface area contributed by atoms with Crippen molar-refractivity contribution in [2.24, 2.45) is 7.05 Å². The number of aryl methyl sites for hydroxylation is 2. The van der Waals surface area contributed by atoms with Crippen LogP contribution in [0.3, 0.4) is 0 Å². The highest BCUT2D eigenvalue weighted by Crippen LogP contribution is 2.22. The van der Waals surface area contributed by atoms with Crippen LogP contribution in [-0.4, -0.2) is 15.7 Å². The van der Waals surface area contributed by atoms with Crippen LogP contribution in [0.4, 0.5) is 0 Å². The van der Waals surface area contributed by atoms with Crippen molar-refractivity contribution in [1.29, 1.82) is 0 Å². The van der Waals surface area contributed by atoms with Gasteiger partial charge in [-0.25, -0.2) is 0 Å². The van der Waals surface area contributed by atoms with E-state index in [1.54, 1.807) is 29.1 Å². The van der Waals surface area contributed by atoms with Crippen LogP contribution in [-0.2, 0) is 18.4 Å². The molecule has 0 radical (unpaired) electrons. The molecule has 106 valence electrons. The van der Waals surface area contributed by atoms with Crippen molar-refractivity contribution in [2.75, 3.05) is 0 Å². The maximum atomic E-state index is 11.8. The van der Waals surface area contributed by atoms with E-state index < -0.39 is 0 Å². The van der Waals surface area contributed by atoms with Gasteiger partial charge < -0.3 is 5.32 Å². The molecular weight excluding hydrogens is 362 g/mol. The molecule has 0 atom stereocenters. The zero-order valence-electron chi connectivity index (χ0n) is 11.0. The topological polar surface area (TPSA) is 46.9 Å². The molecular formula is C13H13BrClN3OS. The fourth-order valence-corrected chi connectivity index (χ4v) is 3.34. The third-order valence-corrected chi connectivity index (χ3v) is 4.74. The first-order valence-corrected chi connectivity index (χ1v) is 7.85. The van der Waals surface area contributed by atoms with Gasteiger partial charge in [-0.2, -0.15) is 5.10 Å². The molecule has 1 amide bonds. The van der Waals surface area contributed by atoms with Crippen molar-refractivity contribution in [1.82, 2.24) is 15.1 Å². The highest BCUT2D eigenvalue weighted by atomic mass is 79.9. The summed E-state index contributed by atoms with van der Waals surface area (Å²) in [5.41, 5.74) is 1.56. The van der Waals surface area contributed by atoms with Gasteiger partial charge in [-0.15, -0.1) is 11.3 Å². The number of amides is 1. The predicted molar refractivity (Wildman–Crippen MR) is 85.9 cm³/mol. The number of nitrogens with zero attached hydrogens (tertiary/aromatic N) is 2. The fraction of sp³-hybridized carbons (Fsp3) is 0.231. The van der Waals surface area contributed by atoms with Crippen LogP contribution in [0.2, 0.25) is 5.15 Å². The zero-order valence-corrected chi connectivity index (χ0v) is 14.1. The lowest BCUT2D eigenvalue weighted by atomic mass is 10.2. The molecule has 2 heterocycles. The number of carbonyl (C=O) groups excluding carboxylic acids is 1. The number of aromatic nitrogens is 2. The van der Waals surface area contributed by atoms with Crippen molar-refractivity contribution in [3.05, 3.63) is 43.3 Å². The van der Waals surface area contributed by atoms with Crippen molar-refractivity contribution in [3.8, 4) is 0 Å². The van der Waals surface area contributed by atoms with Crippen LogP contribution >= 0.6 is 38.9 Å². The van der Waals surface area contributed by atoms with Gasteiger partial charge in [-0.3, -0.25) is 9.48 Å². The summed E-state index contributed by atoms with van der Waals surface area (Å²) in [6.07, 6.45) is 3.16. The summed E-state index contributed by atoms with van der Waals surface area (Å²) >= 11 is 11.1. The molecule has 2 rings (SSSR count). The number of carbonyl (C=O) groups is 1. The summed E-state index contributed by atoms with van der Waals surface area (Å²) in [5.74, 6) is -0.158. The normalized spacial score (nSPS) is 11.2. The zero-order chi connectivity index (χ0) is 14.7. The molecule has 0 saturated carbocycles. The largest absolute Gasteiger partial charge is 0.348 e. The molecule has 0 aliphatic carbocycles. The van der Waals surface area contributed by atoms with Crippen LogP contribution in [0.1, 0.15) is 16.1 Å². The van der Waals surface area contributed by atoms with Gasteiger partial charge in [0.2, 0.25) is 5.91 Å². The van der Waals surface area contributed by atoms with E-state index in [2.05, 4.69) is 26.3 Å². The van der Waals surface area contributed by atoms with Gasteiger partial charge in [0.1, 0.15) is 5.15 Å². The van der Waals surface area contributed by atoms with E-state index in [9.17, 15) is 4.79 Å². The van der Waals surface area contributed by atoms with Crippen molar-refractivity contribution in [3.63, 3.8) is 0 Å². The Morgan fingerprint density at radius 1 is 1.60 bits per heavy atom. The molecule has 4 nitrogen and oxygen atoms in total. The molecule has 0 spiro atoms. The Kier molecular flexibility index (Phi) is 5.01. The SMILES string of the molecule is Cc1nn(C)c(Cl)c1/C=C/C(=O)NCc1ccc(Br)s1. The van der Waals surface area contributed by atoms with E-state index in [-0.39, 0.29) is 5.91 Å². The number of nitrogens with one attached hydrogen (secondary N) is 1. The van der Waals surface area contributed by atoms with Gasteiger partial charge in [0.05, 0.1) is 16.0 Å². The van der Waals surface area contributed by atoms with Crippen LogP contribution in [0, 0.1) is 6.92 Å². The number of hydrogen-bond donors (Lipinski definition) is 1. The summed E-state index contributed by atoms with van der Waals surface area (Å²) in [5, 5.41) is 7.53. The Balaban J connectivity index is 1.95. The molecule has 0 unspecified atom stereocenters. The summed E-state index contributed by atoms with van der Waals surface area (Å²) < 4.78 is 2.63.